The number of carbonyl (C=O) groups is 1. The largest absolute Gasteiger partial charge is 0.497 e. The van der Waals surface area contributed by atoms with Crippen molar-refractivity contribution in [2.24, 2.45) is 0 Å². The third-order valence-corrected chi connectivity index (χ3v) is 8.86. The molecule has 11 heteroatoms. The maximum Gasteiger partial charge on any atom is 0.247 e. The number of methoxy groups -OCH3 is 2. The Morgan fingerprint density at radius 3 is 2.56 bits per heavy atom. The van der Waals surface area contributed by atoms with Gasteiger partial charge in [-0.1, -0.05) is 43.4 Å². The maximum atomic E-state index is 13.9. The molecule has 0 fully saturated rings. The third kappa shape index (κ3) is 6.92. The van der Waals surface area contributed by atoms with Gasteiger partial charge in [0.1, 0.15) is 30.0 Å². The molecule has 2 heterocycles. The summed E-state index contributed by atoms with van der Waals surface area (Å²) in [5, 5.41) is 1.21. The summed E-state index contributed by atoms with van der Waals surface area (Å²) in [6.07, 6.45) is 3.30. The monoisotopic (exact) mass is 630 g/mol. The number of fused-ring (bicyclic) bond motifs is 1. The number of amides is 1. The molecule has 0 atom stereocenters. The van der Waals surface area contributed by atoms with Crippen molar-refractivity contribution in [3.05, 3.63) is 70.0 Å². The number of nitrogens with zero attached hydrogens (tertiary/aromatic N) is 4. The highest BCUT2D eigenvalue weighted by atomic mass is 79.9. The Morgan fingerprint density at radius 1 is 1.10 bits per heavy atom. The van der Waals surface area contributed by atoms with E-state index in [1.807, 2.05) is 36.5 Å². The minimum absolute atomic E-state index is 0.0250. The third-order valence-electron chi connectivity index (χ3n) is 6.24. The van der Waals surface area contributed by atoms with Crippen LogP contribution in [0.1, 0.15) is 5.56 Å². The van der Waals surface area contributed by atoms with Crippen LogP contribution in [0, 0.1) is 0 Å². The molecule has 1 amide bonds. The highest BCUT2D eigenvalue weighted by Crippen LogP contribution is 2.34. The molecule has 0 saturated carbocycles. The van der Waals surface area contributed by atoms with E-state index in [0.29, 0.717) is 40.3 Å². The minimum atomic E-state index is -1.27. The van der Waals surface area contributed by atoms with E-state index in [1.54, 1.807) is 35.8 Å². The van der Waals surface area contributed by atoms with Gasteiger partial charge in [0, 0.05) is 25.9 Å². The van der Waals surface area contributed by atoms with Gasteiger partial charge in [-0.2, -0.15) is 0 Å². The van der Waals surface area contributed by atoms with Crippen LogP contribution in [0.4, 0.5) is 5.69 Å². The molecule has 4 aromatic rings. The Kier molecular flexibility index (Phi) is 9.19. The Labute approximate surface area is 243 Å². The number of carbonyl (C=O) groups excluding carboxylic acids is 1. The highest BCUT2D eigenvalue weighted by molar-refractivity contribution is 9.10. The van der Waals surface area contributed by atoms with Crippen LogP contribution in [-0.4, -0.2) is 49.3 Å². The van der Waals surface area contributed by atoms with Gasteiger partial charge in [-0.3, -0.25) is 4.79 Å². The van der Waals surface area contributed by atoms with Gasteiger partial charge in [0.25, 0.3) is 0 Å². The van der Waals surface area contributed by atoms with Gasteiger partial charge in [-0.05, 0) is 46.2 Å². The van der Waals surface area contributed by atoms with Crippen molar-refractivity contribution >= 4 is 58.2 Å². The molecule has 0 N–H and O–H groups in total. The molecule has 2 aromatic heterocycles. The Balaban J connectivity index is 1.66. The summed E-state index contributed by atoms with van der Waals surface area (Å²) < 4.78 is 19.5. The predicted octanol–water partition coefficient (Wildman–Crippen LogP) is 6.81. The zero-order chi connectivity index (χ0) is 28.2. The number of benzene rings is 2. The van der Waals surface area contributed by atoms with Crippen LogP contribution in [0.2, 0.25) is 30.7 Å². The van der Waals surface area contributed by atoms with Crippen LogP contribution in [0.3, 0.4) is 0 Å². The Bertz CT molecular complexity index is 1470. The maximum absolute atomic E-state index is 13.9. The molecule has 2 aromatic carbocycles. The summed E-state index contributed by atoms with van der Waals surface area (Å²) in [7, 11) is 1.92. The summed E-state index contributed by atoms with van der Waals surface area (Å²) in [5.74, 6) is 1.60. The molecular formula is C28H32BrClN4O4Si. The van der Waals surface area contributed by atoms with Crippen LogP contribution in [0.15, 0.2) is 59.5 Å². The Morgan fingerprint density at radius 2 is 1.87 bits per heavy atom. The lowest BCUT2D eigenvalue weighted by atomic mass is 10.1. The van der Waals surface area contributed by atoms with E-state index in [9.17, 15) is 4.79 Å². The van der Waals surface area contributed by atoms with Crippen molar-refractivity contribution in [3.8, 4) is 17.4 Å². The molecule has 4 rings (SSSR count). The minimum Gasteiger partial charge on any atom is -0.497 e. The number of ether oxygens (including phenoxy) is 3. The standard InChI is InChI=1S/C28H32BrClN4O4Si/c1-36-20-11-10-19(24(14-20)37-2)15-34(23-9-7-6-8-22(23)30)25(35)17-33-16-21(29)26-27(33)31-18-32-28(26)38-12-13-39(3,4)5/h6-11,14,16,18H,12-13,15,17H2,1-5H3. The van der Waals surface area contributed by atoms with E-state index in [-0.39, 0.29) is 19.0 Å². The average molecular weight is 632 g/mol. The molecule has 0 saturated heterocycles. The van der Waals surface area contributed by atoms with Crippen LogP contribution >= 0.6 is 27.5 Å². The van der Waals surface area contributed by atoms with E-state index in [1.165, 1.54) is 6.33 Å². The summed E-state index contributed by atoms with van der Waals surface area (Å²) in [6.45, 7) is 7.76. The number of anilines is 1. The van der Waals surface area contributed by atoms with Crippen molar-refractivity contribution in [3.63, 3.8) is 0 Å². The smallest absolute Gasteiger partial charge is 0.247 e. The number of para-hydroxylation sites is 1. The molecule has 0 aliphatic carbocycles. The molecule has 0 aliphatic rings. The second-order valence-electron chi connectivity index (χ2n) is 10.3. The fraction of sp³-hybridized carbons (Fsp3) is 0.321. The first-order chi connectivity index (χ1) is 18.6. The number of aromatic nitrogens is 3. The van der Waals surface area contributed by atoms with E-state index in [2.05, 4.69) is 45.5 Å². The van der Waals surface area contributed by atoms with E-state index in [0.717, 1.165) is 21.5 Å². The molecule has 0 unspecified atom stereocenters. The first-order valence-corrected chi connectivity index (χ1v) is 17.4. The zero-order valence-electron chi connectivity index (χ0n) is 22.7. The van der Waals surface area contributed by atoms with Gasteiger partial charge in [-0.15, -0.1) is 0 Å². The van der Waals surface area contributed by atoms with Crippen LogP contribution in [0.25, 0.3) is 11.0 Å². The van der Waals surface area contributed by atoms with Gasteiger partial charge in [0.15, 0.2) is 0 Å². The molecule has 206 valence electrons. The fourth-order valence-corrected chi connectivity index (χ4v) is 5.64. The highest BCUT2D eigenvalue weighted by Gasteiger charge is 2.23. The normalized spacial score (nSPS) is 11.5. The first kappa shape index (κ1) is 28.9. The second kappa shape index (κ2) is 12.4. The first-order valence-electron chi connectivity index (χ1n) is 12.5. The van der Waals surface area contributed by atoms with Crippen molar-refractivity contribution in [1.29, 1.82) is 0 Å². The average Bonchev–Trinajstić information content (AvgIpc) is 3.22. The quantitative estimate of drug-likeness (QED) is 0.169. The number of hydrogen-bond acceptors (Lipinski definition) is 6. The molecule has 0 bridgehead atoms. The molecule has 39 heavy (non-hydrogen) atoms. The van der Waals surface area contributed by atoms with Gasteiger partial charge in [-0.25, -0.2) is 9.97 Å². The molecule has 0 aliphatic heterocycles. The molecule has 0 spiro atoms. The van der Waals surface area contributed by atoms with Gasteiger partial charge in [0.2, 0.25) is 11.8 Å². The fourth-order valence-electron chi connectivity index (χ4n) is 4.10. The molecule has 0 radical (unpaired) electrons. The summed E-state index contributed by atoms with van der Waals surface area (Å²) in [4.78, 5) is 24.4. The predicted molar refractivity (Wildman–Crippen MR) is 161 cm³/mol. The summed E-state index contributed by atoms with van der Waals surface area (Å²) in [5.41, 5.74) is 2.02. The number of rotatable bonds is 11. The van der Waals surface area contributed by atoms with Crippen molar-refractivity contribution < 1.29 is 19.0 Å². The van der Waals surface area contributed by atoms with Crippen molar-refractivity contribution in [2.75, 3.05) is 25.7 Å². The van der Waals surface area contributed by atoms with Gasteiger partial charge in [0.05, 0.1) is 47.9 Å². The number of halogens is 2. The lowest BCUT2D eigenvalue weighted by Crippen LogP contribution is -2.33. The van der Waals surface area contributed by atoms with Crippen molar-refractivity contribution in [2.45, 2.75) is 38.8 Å². The van der Waals surface area contributed by atoms with E-state index in [4.69, 9.17) is 25.8 Å². The molecule has 8 nitrogen and oxygen atoms in total. The number of hydrogen-bond donors (Lipinski definition) is 0. The molecular weight excluding hydrogens is 600 g/mol. The van der Waals surface area contributed by atoms with Gasteiger partial charge >= 0.3 is 0 Å². The zero-order valence-corrected chi connectivity index (χ0v) is 26.0. The van der Waals surface area contributed by atoms with Crippen molar-refractivity contribution in [1.82, 2.24) is 14.5 Å². The SMILES string of the molecule is COc1ccc(CN(C(=O)Cn2cc(Br)c3c(OCC[Si](C)(C)C)ncnc32)c2ccccc2Cl)c(OC)c1. The summed E-state index contributed by atoms with van der Waals surface area (Å²) in [6, 6.07) is 13.8. The van der Waals surface area contributed by atoms with Crippen LogP contribution < -0.4 is 19.1 Å². The van der Waals surface area contributed by atoms with E-state index < -0.39 is 8.07 Å². The second-order valence-corrected chi connectivity index (χ2v) is 17.1. The van der Waals surface area contributed by atoms with Gasteiger partial charge < -0.3 is 23.7 Å². The Hall–Kier alpha value is -3.08. The summed E-state index contributed by atoms with van der Waals surface area (Å²) >= 11 is 10.2. The lowest BCUT2D eigenvalue weighted by Gasteiger charge is -2.25. The van der Waals surface area contributed by atoms with Crippen LogP contribution in [-0.2, 0) is 17.9 Å². The van der Waals surface area contributed by atoms with Crippen LogP contribution in [0.5, 0.6) is 17.4 Å². The lowest BCUT2D eigenvalue weighted by molar-refractivity contribution is -0.119. The topological polar surface area (TPSA) is 78.7 Å². The van der Waals surface area contributed by atoms with E-state index >= 15 is 0 Å².